The first-order chi connectivity index (χ1) is 11.5. The average Bonchev–Trinajstić information content (AvgIpc) is 2.57. The molecule has 0 saturated heterocycles. The van der Waals surface area contributed by atoms with Gasteiger partial charge in [0.15, 0.2) is 11.6 Å². The zero-order valence-corrected chi connectivity index (χ0v) is 13.1. The number of nitrogens with one attached hydrogen (secondary N) is 1. The summed E-state index contributed by atoms with van der Waals surface area (Å²) < 4.78 is 44.8. The molecule has 126 valence electrons. The standard InChI is InChI=1S/C16H13F3N2O2S/c17-10-3-1-8(7-11(10)18)21-16(22)9-2-4-13(24-19)14-12(20)5-6-23-15(9)14/h1-4,7,12H,5-6,20H2,(H,21,22). The van der Waals surface area contributed by atoms with Crippen LogP contribution in [-0.2, 0) is 0 Å². The number of hydrogen-bond acceptors (Lipinski definition) is 4. The predicted molar refractivity (Wildman–Crippen MR) is 84.8 cm³/mol. The number of hydrogen-bond donors (Lipinski definition) is 2. The van der Waals surface area contributed by atoms with E-state index in [9.17, 15) is 17.5 Å². The molecule has 0 aliphatic carbocycles. The van der Waals surface area contributed by atoms with Crippen molar-refractivity contribution >= 4 is 23.7 Å². The highest BCUT2D eigenvalue weighted by molar-refractivity contribution is 7.94. The van der Waals surface area contributed by atoms with Crippen LogP contribution in [0.5, 0.6) is 5.75 Å². The van der Waals surface area contributed by atoms with Gasteiger partial charge in [-0.15, -0.1) is 0 Å². The van der Waals surface area contributed by atoms with Crippen molar-refractivity contribution in [3.8, 4) is 5.75 Å². The van der Waals surface area contributed by atoms with Gasteiger partial charge in [-0.25, -0.2) is 8.78 Å². The molecule has 3 rings (SSSR count). The van der Waals surface area contributed by atoms with Gasteiger partial charge in [0, 0.05) is 34.7 Å². The smallest absolute Gasteiger partial charge is 0.259 e. The summed E-state index contributed by atoms with van der Waals surface area (Å²) in [4.78, 5) is 12.7. The van der Waals surface area contributed by atoms with Crippen molar-refractivity contribution in [1.29, 1.82) is 0 Å². The number of nitrogens with two attached hydrogens (primary N) is 1. The van der Waals surface area contributed by atoms with Gasteiger partial charge in [0.25, 0.3) is 5.91 Å². The van der Waals surface area contributed by atoms with Crippen LogP contribution in [0.4, 0.5) is 18.4 Å². The van der Waals surface area contributed by atoms with Crippen LogP contribution >= 0.6 is 12.1 Å². The Morgan fingerprint density at radius 1 is 1.25 bits per heavy atom. The Morgan fingerprint density at radius 2 is 2.04 bits per heavy atom. The van der Waals surface area contributed by atoms with E-state index >= 15 is 0 Å². The fourth-order valence-electron chi connectivity index (χ4n) is 2.54. The third-order valence-electron chi connectivity index (χ3n) is 3.71. The van der Waals surface area contributed by atoms with Gasteiger partial charge in [-0.1, -0.05) is 0 Å². The Morgan fingerprint density at radius 3 is 2.75 bits per heavy atom. The number of benzene rings is 2. The molecule has 0 bridgehead atoms. The molecule has 0 fully saturated rings. The molecule has 0 aromatic heterocycles. The fraction of sp³-hybridized carbons (Fsp3) is 0.188. The summed E-state index contributed by atoms with van der Waals surface area (Å²) in [6, 6.07) is 5.43. The SMILES string of the molecule is NC1CCOc2c(C(=O)Nc3ccc(F)c(F)c3)ccc(SF)c21. The highest BCUT2D eigenvalue weighted by Crippen LogP contribution is 2.41. The fourth-order valence-corrected chi connectivity index (χ4v) is 2.99. The van der Waals surface area contributed by atoms with Crippen LogP contribution in [0.3, 0.4) is 0 Å². The van der Waals surface area contributed by atoms with Crippen molar-refractivity contribution in [2.45, 2.75) is 17.4 Å². The lowest BCUT2D eigenvalue weighted by atomic mass is 9.97. The van der Waals surface area contributed by atoms with Crippen molar-refractivity contribution in [1.82, 2.24) is 0 Å². The second-order valence-electron chi connectivity index (χ2n) is 5.26. The Bertz CT molecular complexity index is 801. The van der Waals surface area contributed by atoms with E-state index in [0.717, 1.165) is 12.1 Å². The zero-order chi connectivity index (χ0) is 17.3. The second kappa shape index (κ2) is 6.74. The Balaban J connectivity index is 1.95. The van der Waals surface area contributed by atoms with E-state index in [0.29, 0.717) is 23.5 Å². The van der Waals surface area contributed by atoms with E-state index in [1.54, 1.807) is 0 Å². The quantitative estimate of drug-likeness (QED) is 0.875. The minimum Gasteiger partial charge on any atom is -0.492 e. The monoisotopic (exact) mass is 354 g/mol. The van der Waals surface area contributed by atoms with Gasteiger partial charge < -0.3 is 15.8 Å². The van der Waals surface area contributed by atoms with Gasteiger partial charge in [-0.05, 0) is 24.3 Å². The third kappa shape index (κ3) is 3.07. The second-order valence-corrected chi connectivity index (χ2v) is 5.85. The number of carbonyl (C=O) groups excluding carboxylic acids is 1. The molecule has 2 aromatic carbocycles. The summed E-state index contributed by atoms with van der Waals surface area (Å²) in [5.74, 6) is -2.44. The van der Waals surface area contributed by atoms with Crippen LogP contribution in [0.1, 0.15) is 28.4 Å². The lowest BCUT2D eigenvalue weighted by Gasteiger charge is -2.26. The van der Waals surface area contributed by atoms with E-state index in [-0.39, 0.29) is 29.1 Å². The first-order valence-corrected chi connectivity index (χ1v) is 7.83. The summed E-state index contributed by atoms with van der Waals surface area (Å²) in [6.07, 6.45) is 0.509. The third-order valence-corrected chi connectivity index (χ3v) is 4.23. The van der Waals surface area contributed by atoms with Crippen LogP contribution in [0.2, 0.25) is 0 Å². The van der Waals surface area contributed by atoms with Crippen LogP contribution in [0.15, 0.2) is 35.2 Å². The molecular weight excluding hydrogens is 341 g/mol. The number of fused-ring (bicyclic) bond motifs is 1. The van der Waals surface area contributed by atoms with Crippen molar-refractivity contribution in [3.63, 3.8) is 0 Å². The van der Waals surface area contributed by atoms with Gasteiger partial charge >= 0.3 is 0 Å². The van der Waals surface area contributed by atoms with Crippen molar-refractivity contribution in [3.05, 3.63) is 53.1 Å². The summed E-state index contributed by atoms with van der Waals surface area (Å²) in [5.41, 5.74) is 6.68. The molecule has 1 heterocycles. The summed E-state index contributed by atoms with van der Waals surface area (Å²) in [6.45, 7) is 0.306. The number of anilines is 1. The van der Waals surface area contributed by atoms with E-state index in [1.165, 1.54) is 18.2 Å². The average molecular weight is 354 g/mol. The highest BCUT2D eigenvalue weighted by Gasteiger charge is 2.27. The van der Waals surface area contributed by atoms with E-state index in [1.807, 2.05) is 0 Å². The van der Waals surface area contributed by atoms with Gasteiger partial charge in [0.2, 0.25) is 0 Å². The molecule has 0 saturated carbocycles. The molecule has 2 aromatic rings. The molecule has 1 aliphatic heterocycles. The van der Waals surface area contributed by atoms with E-state index in [4.69, 9.17) is 10.5 Å². The number of rotatable bonds is 3. The molecule has 24 heavy (non-hydrogen) atoms. The molecule has 0 spiro atoms. The highest BCUT2D eigenvalue weighted by atomic mass is 32.2. The molecule has 8 heteroatoms. The van der Waals surface area contributed by atoms with Crippen molar-refractivity contribution in [2.75, 3.05) is 11.9 Å². The number of carbonyl (C=O) groups is 1. The minimum atomic E-state index is -1.07. The van der Waals surface area contributed by atoms with Crippen molar-refractivity contribution in [2.24, 2.45) is 5.73 Å². The molecule has 4 nitrogen and oxygen atoms in total. The topological polar surface area (TPSA) is 64.3 Å². The van der Waals surface area contributed by atoms with Crippen LogP contribution in [0.25, 0.3) is 0 Å². The normalized spacial score (nSPS) is 16.2. The lowest BCUT2D eigenvalue weighted by Crippen LogP contribution is -2.24. The Labute approximate surface area is 140 Å². The maximum Gasteiger partial charge on any atom is 0.259 e. The maximum atomic E-state index is 13.2. The first kappa shape index (κ1) is 16.7. The maximum absolute atomic E-state index is 13.2. The van der Waals surface area contributed by atoms with Crippen LogP contribution < -0.4 is 15.8 Å². The lowest BCUT2D eigenvalue weighted by molar-refractivity contribution is 0.102. The minimum absolute atomic E-state index is 0.0322. The molecule has 1 unspecified atom stereocenters. The molecule has 0 radical (unpaired) electrons. The number of halogens is 3. The Kier molecular flexibility index (Phi) is 4.68. The summed E-state index contributed by atoms with van der Waals surface area (Å²) >= 11 is 0.0322. The number of ether oxygens (including phenoxy) is 1. The van der Waals surface area contributed by atoms with Gasteiger partial charge in [-0.3, -0.25) is 4.79 Å². The van der Waals surface area contributed by atoms with E-state index < -0.39 is 23.6 Å². The summed E-state index contributed by atoms with van der Waals surface area (Å²) in [5, 5.41) is 2.46. The predicted octanol–water partition coefficient (Wildman–Crippen LogP) is 3.98. The molecule has 1 atom stereocenters. The van der Waals surface area contributed by atoms with Crippen LogP contribution in [-0.4, -0.2) is 12.5 Å². The van der Waals surface area contributed by atoms with Crippen molar-refractivity contribution < 1.29 is 22.2 Å². The zero-order valence-electron chi connectivity index (χ0n) is 12.3. The largest absolute Gasteiger partial charge is 0.492 e. The van der Waals surface area contributed by atoms with E-state index in [2.05, 4.69) is 5.32 Å². The van der Waals surface area contributed by atoms with Gasteiger partial charge in [0.05, 0.1) is 24.3 Å². The summed E-state index contributed by atoms with van der Waals surface area (Å²) in [7, 11) is 0. The molecule has 3 N–H and O–H groups in total. The molecule has 1 aliphatic rings. The van der Waals surface area contributed by atoms with Gasteiger partial charge in [0.1, 0.15) is 5.75 Å². The number of amides is 1. The first-order valence-electron chi connectivity index (χ1n) is 7.11. The Hall–Kier alpha value is -2.19. The van der Waals surface area contributed by atoms with Gasteiger partial charge in [-0.2, -0.15) is 3.89 Å². The van der Waals surface area contributed by atoms with Crippen LogP contribution in [0, 0.1) is 11.6 Å². The molecular formula is C16H13F3N2O2S. The molecule has 1 amide bonds.